The maximum atomic E-state index is 13.8. The fraction of sp³-hybridized carbons (Fsp3) is 0.0833. The second kappa shape index (κ2) is 8.67. The van der Waals surface area contributed by atoms with Crippen LogP contribution in [0.4, 0.5) is 5.69 Å². The highest BCUT2D eigenvalue weighted by Crippen LogP contribution is 2.40. The lowest BCUT2D eigenvalue weighted by Gasteiger charge is -2.22. The van der Waals surface area contributed by atoms with Gasteiger partial charge in [0.15, 0.2) is 5.03 Å². The molecule has 35 heavy (non-hydrogen) atoms. The van der Waals surface area contributed by atoms with E-state index in [1.807, 2.05) is 0 Å². The van der Waals surface area contributed by atoms with Gasteiger partial charge in [-0.2, -0.15) is 0 Å². The summed E-state index contributed by atoms with van der Waals surface area (Å²) in [7, 11) is -3.09. The van der Waals surface area contributed by atoms with Crippen LogP contribution in [0.25, 0.3) is 11.0 Å². The third-order valence-corrected chi connectivity index (χ3v) is 8.48. The Morgan fingerprint density at radius 3 is 2.43 bits per heavy atom. The van der Waals surface area contributed by atoms with Gasteiger partial charge < -0.3 is 19.3 Å². The molecule has 0 bridgehead atoms. The molecule has 0 spiro atoms. The van der Waals surface area contributed by atoms with Crippen molar-refractivity contribution in [2.24, 2.45) is 0 Å². The number of nitrogens with zero attached hydrogens (tertiary/aromatic N) is 1. The fourth-order valence-electron chi connectivity index (χ4n) is 3.86. The number of nitrogen functional groups attached to an aromatic ring is 1. The SMILES string of the molecule is COC(=O)C1=c2/c(=C/c3ccco3)c(N)c(S(=O)(=O)c3ccccc3)n2C(=O)[C@@H](c2ccco2)S1. The number of fused-ring (bicyclic) bond motifs is 1. The van der Waals surface area contributed by atoms with Crippen molar-refractivity contribution in [2.75, 3.05) is 12.8 Å². The fourth-order valence-corrected chi connectivity index (χ4v) is 6.60. The molecule has 2 N–H and O–H groups in total. The highest BCUT2D eigenvalue weighted by Gasteiger charge is 2.41. The molecule has 0 aliphatic carbocycles. The van der Waals surface area contributed by atoms with Gasteiger partial charge in [0, 0.05) is 5.22 Å². The van der Waals surface area contributed by atoms with Gasteiger partial charge in [0.1, 0.15) is 21.7 Å². The average Bonchev–Trinajstić information content (AvgIpc) is 3.62. The van der Waals surface area contributed by atoms with Gasteiger partial charge in [-0.1, -0.05) is 30.0 Å². The van der Waals surface area contributed by atoms with Crippen LogP contribution >= 0.6 is 11.8 Å². The molecule has 11 heteroatoms. The Labute approximate surface area is 203 Å². The van der Waals surface area contributed by atoms with Crippen molar-refractivity contribution < 1.29 is 31.6 Å². The van der Waals surface area contributed by atoms with Gasteiger partial charge in [-0.3, -0.25) is 9.36 Å². The summed E-state index contributed by atoms with van der Waals surface area (Å²) < 4.78 is 44.3. The van der Waals surface area contributed by atoms with Crippen LogP contribution in [0.5, 0.6) is 0 Å². The van der Waals surface area contributed by atoms with Crippen molar-refractivity contribution >= 4 is 50.1 Å². The molecule has 0 saturated carbocycles. The number of sulfone groups is 1. The first-order chi connectivity index (χ1) is 16.8. The number of nitrogens with two attached hydrogens (primary N) is 1. The van der Waals surface area contributed by atoms with Gasteiger partial charge in [0.2, 0.25) is 9.84 Å². The van der Waals surface area contributed by atoms with E-state index in [9.17, 15) is 18.0 Å². The number of anilines is 1. The van der Waals surface area contributed by atoms with Crippen LogP contribution in [0.2, 0.25) is 0 Å². The second-order valence-corrected chi connectivity index (χ2v) is 10.4. The minimum atomic E-state index is -4.29. The second-order valence-electron chi connectivity index (χ2n) is 7.47. The summed E-state index contributed by atoms with van der Waals surface area (Å²) in [5.74, 6) is -0.786. The maximum absolute atomic E-state index is 13.8. The molecule has 1 aliphatic rings. The summed E-state index contributed by atoms with van der Waals surface area (Å²) >= 11 is 0.905. The van der Waals surface area contributed by atoms with Crippen molar-refractivity contribution in [3.8, 4) is 0 Å². The lowest BCUT2D eigenvalue weighted by Crippen LogP contribution is -2.42. The smallest absolute Gasteiger partial charge is 0.346 e. The topological polar surface area (TPSA) is 135 Å². The van der Waals surface area contributed by atoms with Crippen molar-refractivity contribution in [1.29, 1.82) is 0 Å². The number of thioether (sulfide) groups is 1. The van der Waals surface area contributed by atoms with Gasteiger partial charge in [0.05, 0.1) is 35.6 Å². The standard InChI is InChI=1S/C24H18N2O7S2/c1-31-24(28)21-19-16(13-14-7-5-11-32-14)18(25)23(35(29,30)15-8-3-2-4-9-15)26(19)22(27)20(34-21)17-10-6-12-33-17/h2-13,20H,25H2,1H3/b16-13+/t20-/m1/s1. The molecule has 9 nitrogen and oxygen atoms in total. The van der Waals surface area contributed by atoms with E-state index in [1.54, 1.807) is 42.5 Å². The van der Waals surface area contributed by atoms with E-state index in [2.05, 4.69) is 0 Å². The Balaban J connectivity index is 1.94. The average molecular weight is 511 g/mol. The highest BCUT2D eigenvalue weighted by molar-refractivity contribution is 8.10. The predicted octanol–water partition coefficient (Wildman–Crippen LogP) is 2.33. The summed E-state index contributed by atoms with van der Waals surface area (Å²) in [4.78, 5) is 26.6. The summed E-state index contributed by atoms with van der Waals surface area (Å²) in [5.41, 5.74) is 6.23. The first-order valence-electron chi connectivity index (χ1n) is 10.3. The normalized spacial score (nSPS) is 16.4. The first-order valence-corrected chi connectivity index (χ1v) is 12.6. The maximum Gasteiger partial charge on any atom is 0.346 e. The first kappa shape index (κ1) is 22.8. The van der Waals surface area contributed by atoms with E-state index in [0.717, 1.165) is 16.3 Å². The molecule has 178 valence electrons. The minimum Gasteiger partial charge on any atom is -0.468 e. The van der Waals surface area contributed by atoms with Crippen LogP contribution < -0.4 is 16.3 Å². The molecule has 3 aromatic heterocycles. The Morgan fingerprint density at radius 1 is 1.09 bits per heavy atom. The van der Waals surface area contributed by atoms with Crippen LogP contribution in [0, 0.1) is 0 Å². The van der Waals surface area contributed by atoms with Crippen molar-refractivity contribution in [1.82, 2.24) is 4.57 Å². The monoisotopic (exact) mass is 510 g/mol. The third kappa shape index (κ3) is 3.69. The predicted molar refractivity (Wildman–Crippen MR) is 127 cm³/mol. The Hall–Kier alpha value is -3.96. The molecular weight excluding hydrogens is 492 g/mol. The summed E-state index contributed by atoms with van der Waals surface area (Å²) in [6.45, 7) is 0. The van der Waals surface area contributed by atoms with E-state index in [-0.39, 0.29) is 31.8 Å². The molecule has 1 aromatic carbocycles. The number of hydrogen-bond donors (Lipinski definition) is 1. The van der Waals surface area contributed by atoms with Gasteiger partial charge in [-0.25, -0.2) is 13.2 Å². The number of carbonyl (C=O) groups excluding carboxylic acids is 2. The van der Waals surface area contributed by atoms with Crippen LogP contribution in [0.1, 0.15) is 21.6 Å². The quantitative estimate of drug-likeness (QED) is 0.401. The van der Waals surface area contributed by atoms with Crippen LogP contribution in [0.15, 0.2) is 85.9 Å². The number of ether oxygens (including phenoxy) is 1. The van der Waals surface area contributed by atoms with Crippen LogP contribution in [-0.4, -0.2) is 32.0 Å². The molecule has 4 heterocycles. The lowest BCUT2D eigenvalue weighted by atomic mass is 10.2. The lowest BCUT2D eigenvalue weighted by molar-refractivity contribution is -0.133. The van der Waals surface area contributed by atoms with Crippen LogP contribution in [-0.2, 0) is 19.4 Å². The van der Waals surface area contributed by atoms with Gasteiger partial charge >= 0.3 is 5.97 Å². The van der Waals surface area contributed by atoms with E-state index >= 15 is 0 Å². The van der Waals surface area contributed by atoms with Crippen molar-refractivity contribution in [2.45, 2.75) is 15.2 Å². The molecule has 5 rings (SSSR count). The molecular formula is C24H18N2O7S2. The van der Waals surface area contributed by atoms with Crippen molar-refractivity contribution in [3.05, 3.63) is 89.2 Å². The largest absolute Gasteiger partial charge is 0.468 e. The number of carbonyl (C=O) groups is 2. The number of rotatable bonds is 5. The highest BCUT2D eigenvalue weighted by atomic mass is 32.2. The molecule has 1 atom stereocenters. The number of furan rings is 2. The van der Waals surface area contributed by atoms with Crippen LogP contribution in [0.3, 0.4) is 0 Å². The number of esters is 1. The Morgan fingerprint density at radius 2 is 1.80 bits per heavy atom. The number of methoxy groups -OCH3 is 1. The van der Waals surface area contributed by atoms with Gasteiger partial charge in [-0.15, -0.1) is 0 Å². The van der Waals surface area contributed by atoms with E-state index in [1.165, 1.54) is 37.8 Å². The zero-order valence-electron chi connectivity index (χ0n) is 18.2. The molecule has 0 unspecified atom stereocenters. The zero-order valence-corrected chi connectivity index (χ0v) is 19.8. The zero-order chi connectivity index (χ0) is 24.7. The number of benzene rings is 1. The van der Waals surface area contributed by atoms with E-state index in [4.69, 9.17) is 19.3 Å². The Kier molecular flexibility index (Phi) is 5.65. The molecule has 4 aromatic rings. The van der Waals surface area contributed by atoms with E-state index < -0.39 is 32.0 Å². The Bertz CT molecular complexity index is 1650. The third-order valence-electron chi connectivity index (χ3n) is 5.41. The summed E-state index contributed by atoms with van der Waals surface area (Å²) in [6, 6.07) is 14.1. The summed E-state index contributed by atoms with van der Waals surface area (Å²) in [6.07, 6.45) is 4.30. The number of aromatic nitrogens is 1. The molecule has 1 aliphatic heterocycles. The molecule has 0 saturated heterocycles. The molecule has 0 fully saturated rings. The van der Waals surface area contributed by atoms with E-state index in [0.29, 0.717) is 5.76 Å². The van der Waals surface area contributed by atoms with Gasteiger partial charge in [-0.05, 0) is 42.5 Å². The molecule has 0 radical (unpaired) electrons. The van der Waals surface area contributed by atoms with Gasteiger partial charge in [0.25, 0.3) is 5.91 Å². The van der Waals surface area contributed by atoms with Crippen molar-refractivity contribution in [3.63, 3.8) is 0 Å². The summed E-state index contributed by atoms with van der Waals surface area (Å²) in [5, 5.41) is -1.33. The molecule has 0 amide bonds. The minimum absolute atomic E-state index is 0.00696. The number of hydrogen-bond acceptors (Lipinski definition) is 9.